The molecule has 2 rings (SSSR count). The van der Waals surface area contributed by atoms with E-state index in [2.05, 4.69) is 20.9 Å². The molecule has 0 bridgehead atoms. The molecule has 17 heavy (non-hydrogen) atoms. The van der Waals surface area contributed by atoms with Crippen molar-refractivity contribution in [3.8, 4) is 0 Å². The van der Waals surface area contributed by atoms with Crippen molar-refractivity contribution in [1.82, 2.24) is 0 Å². The van der Waals surface area contributed by atoms with Crippen LogP contribution in [0.4, 0.5) is 14.5 Å². The first-order chi connectivity index (χ1) is 8.08. The normalized spacial score (nSPS) is 17.7. The van der Waals surface area contributed by atoms with Crippen molar-refractivity contribution in [3.63, 3.8) is 0 Å². The molecule has 0 saturated heterocycles. The molecule has 0 atom stereocenters. The van der Waals surface area contributed by atoms with Crippen LogP contribution >= 0.6 is 15.9 Å². The van der Waals surface area contributed by atoms with Crippen molar-refractivity contribution < 1.29 is 8.78 Å². The highest BCUT2D eigenvalue weighted by Gasteiger charge is 2.19. The molecule has 0 heterocycles. The van der Waals surface area contributed by atoms with Crippen molar-refractivity contribution in [1.29, 1.82) is 0 Å². The van der Waals surface area contributed by atoms with E-state index in [1.54, 1.807) is 0 Å². The monoisotopic (exact) mass is 302 g/mol. The second-order valence-electron chi connectivity index (χ2n) is 4.24. The van der Waals surface area contributed by atoms with Gasteiger partial charge in [0.15, 0.2) is 5.82 Å². The zero-order valence-electron chi connectivity index (χ0n) is 9.22. The van der Waals surface area contributed by atoms with Crippen LogP contribution in [0.15, 0.2) is 21.6 Å². The van der Waals surface area contributed by atoms with Gasteiger partial charge in [-0.15, -0.1) is 0 Å². The Labute approximate surface area is 107 Å². The Kier molecular flexibility index (Phi) is 3.76. The number of halogens is 3. The molecule has 1 aliphatic rings. The highest BCUT2D eigenvalue weighted by Crippen LogP contribution is 2.29. The Balaban J connectivity index is 2.28. The number of benzene rings is 1. The molecule has 1 fully saturated rings. The third-order valence-corrected chi connectivity index (χ3v) is 3.62. The molecule has 1 aliphatic carbocycles. The highest BCUT2D eigenvalue weighted by atomic mass is 79.9. The fourth-order valence-electron chi connectivity index (χ4n) is 2.05. The van der Waals surface area contributed by atoms with Crippen LogP contribution in [0, 0.1) is 17.6 Å². The third-order valence-electron chi connectivity index (χ3n) is 3.01. The lowest BCUT2D eigenvalue weighted by Crippen LogP contribution is -2.20. The van der Waals surface area contributed by atoms with Gasteiger partial charge in [-0.2, -0.15) is 0 Å². The minimum absolute atomic E-state index is 0.0858. The lowest BCUT2D eigenvalue weighted by atomic mass is 10.1. The number of hydrogen-bond acceptors (Lipinski definition) is 1. The maximum absolute atomic E-state index is 13.5. The van der Waals surface area contributed by atoms with Gasteiger partial charge >= 0.3 is 0 Å². The minimum atomic E-state index is -0.688. The summed E-state index contributed by atoms with van der Waals surface area (Å²) >= 11 is 3.00. The number of hydrogen-bond donors (Lipinski definition) is 1. The summed E-state index contributed by atoms with van der Waals surface area (Å²) in [5, 5.41) is 0. The molecule has 0 radical (unpaired) electrons. The molecule has 0 amide bonds. The number of nitrogens with zero attached hydrogens (tertiary/aromatic N) is 1. The van der Waals surface area contributed by atoms with Crippen molar-refractivity contribution in [2.24, 2.45) is 16.6 Å². The number of nitrogens with two attached hydrogens (primary N) is 1. The molecule has 0 spiro atoms. The number of aliphatic imine (C=N–C) groups is 1. The van der Waals surface area contributed by atoms with Crippen molar-refractivity contribution in [2.45, 2.75) is 25.7 Å². The lowest BCUT2D eigenvalue weighted by molar-refractivity contribution is 0.580. The number of amidine groups is 1. The molecule has 1 saturated carbocycles. The smallest absolute Gasteiger partial charge is 0.151 e. The second-order valence-corrected chi connectivity index (χ2v) is 5.09. The Morgan fingerprint density at radius 3 is 2.53 bits per heavy atom. The largest absolute Gasteiger partial charge is 0.387 e. The van der Waals surface area contributed by atoms with Crippen LogP contribution < -0.4 is 5.73 Å². The highest BCUT2D eigenvalue weighted by molar-refractivity contribution is 9.10. The summed E-state index contributed by atoms with van der Waals surface area (Å²) in [6.07, 6.45) is 4.27. The molecule has 2 nitrogen and oxygen atoms in total. The molecule has 1 aromatic carbocycles. The second kappa shape index (κ2) is 5.12. The standard InChI is InChI=1S/C12H13BrF2N2/c13-8-5-11(10(15)6-9(8)14)17-12(16)7-3-1-2-4-7/h5-7H,1-4H2,(H2,16,17). The molecular weight excluding hydrogens is 290 g/mol. The number of rotatable bonds is 2. The summed E-state index contributed by atoms with van der Waals surface area (Å²) in [5.41, 5.74) is 5.93. The Bertz CT molecular complexity index is 454. The topological polar surface area (TPSA) is 38.4 Å². The summed E-state index contributed by atoms with van der Waals surface area (Å²) in [7, 11) is 0. The lowest BCUT2D eigenvalue weighted by Gasteiger charge is -2.08. The van der Waals surface area contributed by atoms with Gasteiger partial charge in [0.05, 0.1) is 4.47 Å². The first kappa shape index (κ1) is 12.5. The first-order valence-corrected chi connectivity index (χ1v) is 6.36. The molecule has 0 unspecified atom stereocenters. The Morgan fingerprint density at radius 1 is 1.24 bits per heavy atom. The van der Waals surface area contributed by atoms with Crippen molar-refractivity contribution in [3.05, 3.63) is 28.2 Å². The van der Waals surface area contributed by atoms with Gasteiger partial charge in [0.1, 0.15) is 17.3 Å². The van der Waals surface area contributed by atoms with E-state index >= 15 is 0 Å². The van der Waals surface area contributed by atoms with Gasteiger partial charge in [-0.3, -0.25) is 0 Å². The van der Waals surface area contributed by atoms with Gasteiger partial charge in [0.25, 0.3) is 0 Å². The Morgan fingerprint density at radius 2 is 1.88 bits per heavy atom. The van der Waals surface area contributed by atoms with E-state index in [1.165, 1.54) is 6.07 Å². The van der Waals surface area contributed by atoms with E-state index in [4.69, 9.17) is 5.73 Å². The molecule has 0 aliphatic heterocycles. The van der Waals surface area contributed by atoms with Crippen LogP contribution in [-0.2, 0) is 0 Å². The predicted molar refractivity (Wildman–Crippen MR) is 67.3 cm³/mol. The summed E-state index contributed by atoms with van der Waals surface area (Å²) < 4.78 is 26.7. The van der Waals surface area contributed by atoms with Crippen LogP contribution in [-0.4, -0.2) is 5.84 Å². The zero-order valence-corrected chi connectivity index (χ0v) is 10.8. The Hall–Kier alpha value is -0.970. The van der Waals surface area contributed by atoms with E-state index in [1.807, 2.05) is 0 Å². The fourth-order valence-corrected chi connectivity index (χ4v) is 2.38. The van der Waals surface area contributed by atoms with E-state index in [9.17, 15) is 8.78 Å². The molecule has 92 valence electrons. The van der Waals surface area contributed by atoms with Crippen LogP contribution in [0.1, 0.15) is 25.7 Å². The van der Waals surface area contributed by atoms with E-state index < -0.39 is 11.6 Å². The first-order valence-electron chi connectivity index (χ1n) is 5.56. The molecule has 2 N–H and O–H groups in total. The van der Waals surface area contributed by atoms with E-state index in [0.717, 1.165) is 31.7 Å². The van der Waals surface area contributed by atoms with Gasteiger partial charge in [-0.05, 0) is 34.8 Å². The van der Waals surface area contributed by atoms with Crippen LogP contribution in [0.3, 0.4) is 0 Å². The maximum atomic E-state index is 13.5. The van der Waals surface area contributed by atoms with Gasteiger partial charge in [-0.25, -0.2) is 13.8 Å². The average molecular weight is 303 g/mol. The quantitative estimate of drug-likeness (QED) is 0.502. The fraction of sp³-hybridized carbons (Fsp3) is 0.417. The zero-order chi connectivity index (χ0) is 12.4. The maximum Gasteiger partial charge on any atom is 0.151 e. The molecule has 0 aromatic heterocycles. The van der Waals surface area contributed by atoms with Crippen LogP contribution in [0.2, 0.25) is 0 Å². The van der Waals surface area contributed by atoms with Gasteiger partial charge in [0, 0.05) is 12.0 Å². The summed E-state index contributed by atoms with van der Waals surface area (Å²) in [6.45, 7) is 0. The van der Waals surface area contributed by atoms with Crippen molar-refractivity contribution in [2.75, 3.05) is 0 Å². The predicted octanol–water partition coefficient (Wildman–Crippen LogP) is 3.91. The van der Waals surface area contributed by atoms with Crippen LogP contribution in [0.25, 0.3) is 0 Å². The summed E-state index contributed by atoms with van der Waals surface area (Å²) in [5.74, 6) is -0.648. The van der Waals surface area contributed by atoms with E-state index in [-0.39, 0.29) is 16.1 Å². The van der Waals surface area contributed by atoms with Crippen LogP contribution in [0.5, 0.6) is 0 Å². The third kappa shape index (κ3) is 2.83. The SMILES string of the molecule is NC(=Nc1cc(Br)c(F)cc1F)C1CCCC1. The minimum Gasteiger partial charge on any atom is -0.387 e. The summed E-state index contributed by atoms with van der Waals surface area (Å²) in [4.78, 5) is 4.07. The molecular formula is C12H13BrF2N2. The molecule has 5 heteroatoms. The van der Waals surface area contributed by atoms with Gasteiger partial charge in [0.2, 0.25) is 0 Å². The van der Waals surface area contributed by atoms with Crippen molar-refractivity contribution >= 4 is 27.5 Å². The van der Waals surface area contributed by atoms with Gasteiger partial charge in [-0.1, -0.05) is 12.8 Å². The average Bonchev–Trinajstić information content (AvgIpc) is 2.79. The molecule has 1 aromatic rings. The van der Waals surface area contributed by atoms with Gasteiger partial charge < -0.3 is 5.73 Å². The van der Waals surface area contributed by atoms with E-state index in [0.29, 0.717) is 5.84 Å². The summed E-state index contributed by atoms with van der Waals surface area (Å²) in [6, 6.07) is 2.12.